The average molecular weight is 232 g/mol. The highest BCUT2D eigenvalue weighted by atomic mass is 16.6. The summed E-state index contributed by atoms with van der Waals surface area (Å²) in [6.07, 6.45) is 0.803. The van der Waals surface area contributed by atoms with E-state index in [1.165, 1.54) is 0 Å². The minimum absolute atomic E-state index is 0.0832. The Labute approximate surface area is 95.7 Å². The molecule has 5 heteroatoms. The van der Waals surface area contributed by atoms with Gasteiger partial charge in [0.15, 0.2) is 6.10 Å². The van der Waals surface area contributed by atoms with E-state index in [1.807, 2.05) is 13.8 Å². The summed E-state index contributed by atoms with van der Waals surface area (Å²) in [4.78, 5) is 10.6. The van der Waals surface area contributed by atoms with Crippen molar-refractivity contribution >= 4 is 5.97 Å². The molecule has 0 aliphatic carbocycles. The van der Waals surface area contributed by atoms with Gasteiger partial charge in [-0.2, -0.15) is 0 Å². The first-order valence-corrected chi connectivity index (χ1v) is 5.67. The van der Waals surface area contributed by atoms with Gasteiger partial charge in [-0.25, -0.2) is 4.79 Å². The molecular formula is C11H20O5. The molecule has 5 nitrogen and oxygen atoms in total. The fourth-order valence-corrected chi connectivity index (χ4v) is 1.57. The van der Waals surface area contributed by atoms with Crippen LogP contribution in [0, 0.1) is 0 Å². The molecule has 1 saturated heterocycles. The summed E-state index contributed by atoms with van der Waals surface area (Å²) in [6, 6.07) is 0. The highest BCUT2D eigenvalue weighted by Gasteiger charge is 2.30. The number of hydrogen-bond donors (Lipinski definition) is 1. The SMILES string of the molecule is CC(C)OCCOCC1CCC(C(=O)O)O1. The molecule has 1 fully saturated rings. The molecule has 2 unspecified atom stereocenters. The summed E-state index contributed by atoms with van der Waals surface area (Å²) in [5, 5.41) is 8.72. The molecule has 1 rings (SSSR count). The molecule has 1 aliphatic rings. The molecule has 16 heavy (non-hydrogen) atoms. The molecule has 0 aromatic carbocycles. The number of carboxylic acid groups (broad SMARTS) is 1. The Bertz CT molecular complexity index is 216. The van der Waals surface area contributed by atoms with Crippen molar-refractivity contribution in [3.63, 3.8) is 0 Å². The van der Waals surface area contributed by atoms with Crippen LogP contribution >= 0.6 is 0 Å². The first-order chi connectivity index (χ1) is 7.59. The van der Waals surface area contributed by atoms with Crippen molar-refractivity contribution in [2.45, 2.75) is 45.0 Å². The molecule has 0 aromatic heterocycles. The fraction of sp³-hybridized carbons (Fsp3) is 0.909. The highest BCUT2D eigenvalue weighted by Crippen LogP contribution is 2.19. The van der Waals surface area contributed by atoms with Crippen molar-refractivity contribution in [2.24, 2.45) is 0 Å². The molecule has 1 heterocycles. The Morgan fingerprint density at radius 3 is 2.75 bits per heavy atom. The van der Waals surface area contributed by atoms with Gasteiger partial charge in [0, 0.05) is 0 Å². The van der Waals surface area contributed by atoms with Crippen LogP contribution in [0.25, 0.3) is 0 Å². The zero-order chi connectivity index (χ0) is 12.0. The Hall–Kier alpha value is -0.650. The van der Waals surface area contributed by atoms with E-state index in [2.05, 4.69) is 0 Å². The molecule has 0 aromatic rings. The number of rotatable bonds is 7. The summed E-state index contributed by atoms with van der Waals surface area (Å²) < 4.78 is 15.9. The standard InChI is InChI=1S/C11H20O5/c1-8(2)15-6-5-14-7-9-3-4-10(16-9)11(12)13/h8-10H,3-7H2,1-2H3,(H,12,13). The molecule has 0 amide bonds. The molecule has 0 spiro atoms. The summed E-state index contributed by atoms with van der Waals surface area (Å²) in [6.45, 7) is 5.48. The first kappa shape index (κ1) is 13.4. The van der Waals surface area contributed by atoms with E-state index in [9.17, 15) is 4.79 Å². The maximum Gasteiger partial charge on any atom is 0.332 e. The Balaban J connectivity index is 2.00. The van der Waals surface area contributed by atoms with Gasteiger partial charge in [0.1, 0.15) is 0 Å². The van der Waals surface area contributed by atoms with E-state index in [-0.39, 0.29) is 12.2 Å². The molecule has 0 saturated carbocycles. The normalized spacial score (nSPS) is 25.2. The van der Waals surface area contributed by atoms with Crippen LogP contribution in [0.3, 0.4) is 0 Å². The highest BCUT2D eigenvalue weighted by molar-refractivity contribution is 5.72. The number of hydrogen-bond acceptors (Lipinski definition) is 4. The topological polar surface area (TPSA) is 65.0 Å². The van der Waals surface area contributed by atoms with Gasteiger partial charge in [-0.3, -0.25) is 0 Å². The van der Waals surface area contributed by atoms with Crippen LogP contribution in [-0.2, 0) is 19.0 Å². The van der Waals surface area contributed by atoms with E-state index >= 15 is 0 Å². The largest absolute Gasteiger partial charge is 0.479 e. The number of carbonyl (C=O) groups is 1. The monoisotopic (exact) mass is 232 g/mol. The van der Waals surface area contributed by atoms with Crippen molar-refractivity contribution in [1.82, 2.24) is 0 Å². The maximum absolute atomic E-state index is 10.6. The smallest absolute Gasteiger partial charge is 0.332 e. The van der Waals surface area contributed by atoms with Crippen LogP contribution in [-0.4, -0.2) is 49.2 Å². The third-order valence-corrected chi connectivity index (χ3v) is 2.37. The van der Waals surface area contributed by atoms with Crippen LogP contribution in [0.15, 0.2) is 0 Å². The summed E-state index contributed by atoms with van der Waals surface area (Å²) in [7, 11) is 0. The predicted molar refractivity (Wildman–Crippen MR) is 57.4 cm³/mol. The lowest BCUT2D eigenvalue weighted by Crippen LogP contribution is -2.23. The average Bonchev–Trinajstić information content (AvgIpc) is 2.65. The van der Waals surface area contributed by atoms with E-state index in [0.29, 0.717) is 26.2 Å². The molecule has 0 bridgehead atoms. The number of carboxylic acids is 1. The zero-order valence-corrected chi connectivity index (χ0v) is 9.85. The summed E-state index contributed by atoms with van der Waals surface area (Å²) >= 11 is 0. The van der Waals surface area contributed by atoms with Crippen LogP contribution < -0.4 is 0 Å². The van der Waals surface area contributed by atoms with E-state index in [1.54, 1.807) is 0 Å². The second kappa shape index (κ2) is 6.83. The summed E-state index contributed by atoms with van der Waals surface area (Å²) in [5.74, 6) is -0.884. The molecule has 94 valence electrons. The minimum atomic E-state index is -0.884. The quantitative estimate of drug-likeness (QED) is 0.665. The van der Waals surface area contributed by atoms with E-state index in [0.717, 1.165) is 6.42 Å². The minimum Gasteiger partial charge on any atom is -0.479 e. The lowest BCUT2D eigenvalue weighted by atomic mass is 10.2. The molecule has 1 aliphatic heterocycles. The molecule has 2 atom stereocenters. The first-order valence-electron chi connectivity index (χ1n) is 5.67. The van der Waals surface area contributed by atoms with Crippen molar-refractivity contribution < 1.29 is 24.1 Å². The third-order valence-electron chi connectivity index (χ3n) is 2.37. The molecule has 0 radical (unpaired) electrons. The lowest BCUT2D eigenvalue weighted by Gasteiger charge is -2.12. The van der Waals surface area contributed by atoms with E-state index < -0.39 is 12.1 Å². The van der Waals surface area contributed by atoms with Gasteiger partial charge >= 0.3 is 5.97 Å². The zero-order valence-electron chi connectivity index (χ0n) is 9.85. The van der Waals surface area contributed by atoms with Gasteiger partial charge in [0.05, 0.1) is 32.0 Å². The van der Waals surface area contributed by atoms with Crippen LogP contribution in [0.1, 0.15) is 26.7 Å². The Morgan fingerprint density at radius 1 is 1.44 bits per heavy atom. The van der Waals surface area contributed by atoms with Crippen molar-refractivity contribution in [3.05, 3.63) is 0 Å². The van der Waals surface area contributed by atoms with Crippen molar-refractivity contribution in [2.75, 3.05) is 19.8 Å². The Kier molecular flexibility index (Phi) is 5.73. The van der Waals surface area contributed by atoms with Gasteiger partial charge < -0.3 is 19.3 Å². The van der Waals surface area contributed by atoms with Gasteiger partial charge in [-0.15, -0.1) is 0 Å². The van der Waals surface area contributed by atoms with Gasteiger partial charge in [0.2, 0.25) is 0 Å². The van der Waals surface area contributed by atoms with Gasteiger partial charge in [-0.1, -0.05) is 0 Å². The second-order valence-corrected chi connectivity index (χ2v) is 4.16. The van der Waals surface area contributed by atoms with Crippen LogP contribution in [0.4, 0.5) is 0 Å². The predicted octanol–water partition coefficient (Wildman–Crippen LogP) is 1.06. The maximum atomic E-state index is 10.6. The molecule has 1 N–H and O–H groups in total. The number of aliphatic carboxylic acids is 1. The number of ether oxygens (including phenoxy) is 3. The fourth-order valence-electron chi connectivity index (χ4n) is 1.57. The van der Waals surface area contributed by atoms with E-state index in [4.69, 9.17) is 19.3 Å². The molecular weight excluding hydrogens is 212 g/mol. The van der Waals surface area contributed by atoms with Crippen LogP contribution in [0.2, 0.25) is 0 Å². The Morgan fingerprint density at radius 2 is 2.19 bits per heavy atom. The third kappa shape index (κ3) is 4.92. The van der Waals surface area contributed by atoms with Crippen molar-refractivity contribution in [1.29, 1.82) is 0 Å². The van der Waals surface area contributed by atoms with Crippen LogP contribution in [0.5, 0.6) is 0 Å². The second-order valence-electron chi connectivity index (χ2n) is 4.16. The van der Waals surface area contributed by atoms with Crippen molar-refractivity contribution in [3.8, 4) is 0 Å². The lowest BCUT2D eigenvalue weighted by molar-refractivity contribution is -0.150. The van der Waals surface area contributed by atoms with Gasteiger partial charge in [0.25, 0.3) is 0 Å². The van der Waals surface area contributed by atoms with Gasteiger partial charge in [-0.05, 0) is 26.7 Å². The summed E-state index contributed by atoms with van der Waals surface area (Å²) in [5.41, 5.74) is 0.